The molecule has 6 nitrogen and oxygen atoms in total. The van der Waals surface area contributed by atoms with E-state index in [1.54, 1.807) is 0 Å². The molecule has 0 unspecified atom stereocenters. The summed E-state index contributed by atoms with van der Waals surface area (Å²) in [4.78, 5) is 16.6. The molecule has 0 bridgehead atoms. The van der Waals surface area contributed by atoms with E-state index >= 15 is 0 Å². The van der Waals surface area contributed by atoms with E-state index in [2.05, 4.69) is 19.7 Å². The van der Waals surface area contributed by atoms with Crippen LogP contribution in [0.15, 0.2) is 17.4 Å². The van der Waals surface area contributed by atoms with Crippen LogP contribution in [0.5, 0.6) is 0 Å². The summed E-state index contributed by atoms with van der Waals surface area (Å²) in [5.74, 6) is -1.27. The molecule has 0 amide bonds. The van der Waals surface area contributed by atoms with Gasteiger partial charge in [0.05, 0.1) is 18.4 Å². The summed E-state index contributed by atoms with van der Waals surface area (Å²) < 4.78 is 41.9. The highest BCUT2D eigenvalue weighted by Gasteiger charge is 2.38. The van der Waals surface area contributed by atoms with Gasteiger partial charge in [0.25, 0.3) is 0 Å². The number of nitrogens with zero attached hydrogens (tertiary/aromatic N) is 4. The van der Waals surface area contributed by atoms with Crippen LogP contribution in [0.2, 0.25) is 0 Å². The third-order valence-corrected chi connectivity index (χ3v) is 1.74. The fraction of sp³-hybridized carbons (Fsp3) is 0.250. The minimum Gasteiger partial charge on any atom is -0.465 e. The molecule has 0 aliphatic rings. The maximum Gasteiger partial charge on any atom is 0.434 e. The number of hydrogen-bond acceptors (Lipinski definition) is 4. The van der Waals surface area contributed by atoms with Crippen molar-refractivity contribution < 1.29 is 22.7 Å². The fourth-order valence-electron chi connectivity index (χ4n) is 1.10. The highest BCUT2D eigenvalue weighted by molar-refractivity contribution is 5.96. The zero-order valence-corrected chi connectivity index (χ0v) is 8.39. The van der Waals surface area contributed by atoms with Crippen molar-refractivity contribution in [2.24, 2.45) is 5.11 Å². The van der Waals surface area contributed by atoms with Gasteiger partial charge in [0.15, 0.2) is 5.69 Å². The van der Waals surface area contributed by atoms with E-state index in [-0.39, 0.29) is 0 Å². The third-order valence-electron chi connectivity index (χ3n) is 1.74. The van der Waals surface area contributed by atoms with Crippen molar-refractivity contribution >= 4 is 11.7 Å². The molecule has 0 aromatic carbocycles. The van der Waals surface area contributed by atoms with Crippen LogP contribution in [0.4, 0.5) is 18.9 Å². The van der Waals surface area contributed by atoms with Crippen LogP contribution in [0, 0.1) is 0 Å². The second-order valence-electron chi connectivity index (χ2n) is 2.73. The van der Waals surface area contributed by atoms with E-state index in [4.69, 9.17) is 5.53 Å². The Bertz CT molecular complexity index is 494. The number of pyridine rings is 1. The Balaban J connectivity index is 3.56. The van der Waals surface area contributed by atoms with E-state index in [0.717, 1.165) is 19.4 Å². The molecule has 1 rings (SSSR count). The van der Waals surface area contributed by atoms with Crippen molar-refractivity contribution in [1.29, 1.82) is 0 Å². The SMILES string of the molecule is COC(=O)c1c(N=[N+]=[N-])ccnc1C(F)(F)F. The number of alkyl halides is 3. The lowest BCUT2D eigenvalue weighted by Gasteiger charge is -2.11. The van der Waals surface area contributed by atoms with Gasteiger partial charge in [-0.2, -0.15) is 13.2 Å². The minimum absolute atomic E-state index is 0.485. The zero-order valence-electron chi connectivity index (χ0n) is 8.39. The molecule has 1 aromatic rings. The second kappa shape index (κ2) is 4.71. The van der Waals surface area contributed by atoms with Crippen molar-refractivity contribution in [3.63, 3.8) is 0 Å². The van der Waals surface area contributed by atoms with E-state index in [1.165, 1.54) is 0 Å². The average Bonchev–Trinajstić information content (AvgIpc) is 2.27. The number of azide groups is 1. The van der Waals surface area contributed by atoms with Gasteiger partial charge in [-0.1, -0.05) is 5.11 Å². The summed E-state index contributed by atoms with van der Waals surface area (Å²) in [6.07, 6.45) is -4.05. The van der Waals surface area contributed by atoms with Crippen LogP contribution in [0.1, 0.15) is 16.1 Å². The zero-order chi connectivity index (χ0) is 13.1. The fourth-order valence-corrected chi connectivity index (χ4v) is 1.10. The lowest BCUT2D eigenvalue weighted by Crippen LogP contribution is -2.16. The Kier molecular flexibility index (Phi) is 3.54. The monoisotopic (exact) mass is 246 g/mol. The largest absolute Gasteiger partial charge is 0.465 e. The molecule has 0 spiro atoms. The molecular formula is C8H5F3N4O2. The van der Waals surface area contributed by atoms with Gasteiger partial charge >= 0.3 is 12.1 Å². The van der Waals surface area contributed by atoms with Crippen LogP contribution >= 0.6 is 0 Å². The van der Waals surface area contributed by atoms with Crippen molar-refractivity contribution in [3.05, 3.63) is 34.0 Å². The van der Waals surface area contributed by atoms with Gasteiger partial charge in [-0.25, -0.2) is 4.79 Å². The predicted octanol–water partition coefficient (Wildman–Crippen LogP) is 2.83. The molecule has 0 radical (unpaired) electrons. The van der Waals surface area contributed by atoms with Crippen molar-refractivity contribution in [3.8, 4) is 0 Å². The molecule has 0 saturated carbocycles. The van der Waals surface area contributed by atoms with Crippen LogP contribution in [-0.2, 0) is 10.9 Å². The number of ether oxygens (including phenoxy) is 1. The van der Waals surface area contributed by atoms with Crippen LogP contribution in [-0.4, -0.2) is 18.1 Å². The Morgan fingerprint density at radius 2 is 2.24 bits per heavy atom. The lowest BCUT2D eigenvalue weighted by atomic mass is 10.1. The topological polar surface area (TPSA) is 88.0 Å². The highest BCUT2D eigenvalue weighted by Crippen LogP contribution is 2.34. The number of halogens is 3. The van der Waals surface area contributed by atoms with E-state index < -0.39 is 29.1 Å². The second-order valence-corrected chi connectivity index (χ2v) is 2.73. The molecule has 0 aliphatic carbocycles. The van der Waals surface area contributed by atoms with Gasteiger partial charge in [-0.3, -0.25) is 4.98 Å². The van der Waals surface area contributed by atoms with Gasteiger partial charge in [-0.15, -0.1) is 0 Å². The molecular weight excluding hydrogens is 241 g/mol. The number of esters is 1. The molecule has 9 heteroatoms. The maximum absolute atomic E-state index is 12.6. The first-order valence-electron chi connectivity index (χ1n) is 4.11. The third kappa shape index (κ3) is 2.64. The van der Waals surface area contributed by atoms with Gasteiger partial charge < -0.3 is 4.74 Å². The number of hydrogen-bond donors (Lipinski definition) is 0. The quantitative estimate of drug-likeness (QED) is 0.348. The normalized spacial score (nSPS) is 10.6. The standard InChI is InChI=1S/C8H5F3N4O2/c1-17-7(16)5-4(14-15-12)2-3-13-6(5)8(9,10)11/h2-3H,1H3. The summed E-state index contributed by atoms with van der Waals surface area (Å²) in [6.45, 7) is 0. The predicted molar refractivity (Wildman–Crippen MR) is 49.4 cm³/mol. The average molecular weight is 246 g/mol. The maximum atomic E-state index is 12.6. The Morgan fingerprint density at radius 1 is 1.59 bits per heavy atom. The van der Waals surface area contributed by atoms with Gasteiger partial charge in [0.2, 0.25) is 0 Å². The molecule has 17 heavy (non-hydrogen) atoms. The van der Waals surface area contributed by atoms with E-state index in [0.29, 0.717) is 0 Å². The number of carbonyl (C=O) groups excluding carboxylic acids is 1. The number of aromatic nitrogens is 1. The van der Waals surface area contributed by atoms with Crippen LogP contribution in [0.25, 0.3) is 10.4 Å². The molecule has 1 aromatic heterocycles. The number of methoxy groups -OCH3 is 1. The summed E-state index contributed by atoms with van der Waals surface area (Å²) in [5.41, 5.74) is 5.36. The van der Waals surface area contributed by atoms with Gasteiger partial charge in [-0.05, 0) is 11.6 Å². The van der Waals surface area contributed by atoms with Crippen LogP contribution < -0.4 is 0 Å². The Hall–Kier alpha value is -2.28. The number of carbonyl (C=O) groups is 1. The number of rotatable bonds is 2. The highest BCUT2D eigenvalue weighted by atomic mass is 19.4. The van der Waals surface area contributed by atoms with Gasteiger partial charge in [0.1, 0.15) is 0 Å². The summed E-state index contributed by atoms with van der Waals surface area (Å²) in [5, 5.41) is 2.99. The van der Waals surface area contributed by atoms with Gasteiger partial charge in [0, 0.05) is 11.1 Å². The lowest BCUT2D eigenvalue weighted by molar-refractivity contribution is -0.141. The van der Waals surface area contributed by atoms with Crippen molar-refractivity contribution in [2.75, 3.05) is 7.11 Å². The molecule has 0 fully saturated rings. The molecule has 0 atom stereocenters. The molecule has 0 saturated heterocycles. The summed E-state index contributed by atoms with van der Waals surface area (Å²) in [7, 11) is 0.912. The molecule has 0 N–H and O–H groups in total. The van der Waals surface area contributed by atoms with Crippen molar-refractivity contribution in [1.82, 2.24) is 4.98 Å². The first-order chi connectivity index (χ1) is 7.91. The summed E-state index contributed by atoms with van der Waals surface area (Å²) in [6, 6.07) is 0.987. The minimum atomic E-state index is -4.84. The summed E-state index contributed by atoms with van der Waals surface area (Å²) >= 11 is 0. The molecule has 0 aliphatic heterocycles. The smallest absolute Gasteiger partial charge is 0.434 e. The Morgan fingerprint density at radius 3 is 2.71 bits per heavy atom. The van der Waals surface area contributed by atoms with Crippen LogP contribution in [0.3, 0.4) is 0 Å². The first-order valence-corrected chi connectivity index (χ1v) is 4.11. The molecule has 1 heterocycles. The molecule has 90 valence electrons. The van der Waals surface area contributed by atoms with Crippen molar-refractivity contribution in [2.45, 2.75) is 6.18 Å². The van der Waals surface area contributed by atoms with E-state index in [9.17, 15) is 18.0 Å². The first kappa shape index (κ1) is 12.8. The van der Waals surface area contributed by atoms with E-state index in [1.807, 2.05) is 0 Å². The Labute approximate surface area is 92.7 Å².